The molecule has 0 aliphatic carbocycles. The van der Waals surface area contributed by atoms with E-state index in [9.17, 15) is 4.79 Å². The van der Waals surface area contributed by atoms with Crippen LogP contribution in [0.2, 0.25) is 0 Å². The minimum atomic E-state index is -0.194. The van der Waals surface area contributed by atoms with Gasteiger partial charge in [-0.05, 0) is 31.4 Å². The lowest BCUT2D eigenvalue weighted by atomic mass is 10.3. The van der Waals surface area contributed by atoms with Gasteiger partial charge in [0, 0.05) is 6.08 Å². The molecule has 0 fully saturated rings. The number of aromatic nitrogens is 2. The zero-order chi connectivity index (χ0) is 15.5. The molecule has 0 radical (unpaired) electrons. The Morgan fingerprint density at radius 1 is 1.27 bits per heavy atom. The lowest BCUT2D eigenvalue weighted by Gasteiger charge is -1.94. The van der Waals surface area contributed by atoms with Gasteiger partial charge < -0.3 is 0 Å². The lowest BCUT2D eigenvalue weighted by Crippen LogP contribution is -2.07. The van der Waals surface area contributed by atoms with E-state index in [1.54, 1.807) is 29.2 Å². The van der Waals surface area contributed by atoms with Crippen molar-refractivity contribution in [1.82, 2.24) is 9.97 Å². The Morgan fingerprint density at radius 2 is 2.09 bits per heavy atom. The van der Waals surface area contributed by atoms with E-state index >= 15 is 0 Å². The lowest BCUT2D eigenvalue weighted by molar-refractivity contribution is -0.111. The first-order chi connectivity index (χ1) is 10.7. The summed E-state index contributed by atoms with van der Waals surface area (Å²) in [4.78, 5) is 20.7. The molecule has 0 unspecified atom stereocenters. The average molecular weight is 347 g/mol. The SMILES string of the molecule is CSc1sc(NC(=O)/C=C/c2nc3ccccc3s2)nc1C. The van der Waals surface area contributed by atoms with Gasteiger partial charge in [-0.1, -0.05) is 23.5 Å². The second kappa shape index (κ2) is 6.60. The van der Waals surface area contributed by atoms with E-state index < -0.39 is 0 Å². The van der Waals surface area contributed by atoms with Gasteiger partial charge in [0.1, 0.15) is 5.01 Å². The van der Waals surface area contributed by atoms with Crippen molar-refractivity contribution in [1.29, 1.82) is 0 Å². The Bertz CT molecular complexity index is 818. The van der Waals surface area contributed by atoms with E-state index in [4.69, 9.17) is 0 Å². The van der Waals surface area contributed by atoms with Crippen LogP contribution >= 0.6 is 34.4 Å². The summed E-state index contributed by atoms with van der Waals surface area (Å²) < 4.78 is 2.23. The van der Waals surface area contributed by atoms with Crippen molar-refractivity contribution >= 4 is 61.8 Å². The average Bonchev–Trinajstić information content (AvgIpc) is 3.07. The summed E-state index contributed by atoms with van der Waals surface area (Å²) in [7, 11) is 0. The van der Waals surface area contributed by atoms with E-state index in [1.807, 2.05) is 37.4 Å². The second-order valence-electron chi connectivity index (χ2n) is 4.44. The molecule has 0 atom stereocenters. The smallest absolute Gasteiger partial charge is 0.250 e. The van der Waals surface area contributed by atoms with Crippen molar-refractivity contribution in [3.8, 4) is 0 Å². The first-order valence-electron chi connectivity index (χ1n) is 6.52. The summed E-state index contributed by atoms with van der Waals surface area (Å²) in [6, 6.07) is 7.92. The number of hydrogen-bond donors (Lipinski definition) is 1. The van der Waals surface area contributed by atoms with Crippen molar-refractivity contribution in [2.45, 2.75) is 11.1 Å². The Kier molecular flexibility index (Phi) is 4.56. The molecule has 0 aliphatic rings. The zero-order valence-electron chi connectivity index (χ0n) is 12.0. The van der Waals surface area contributed by atoms with Crippen molar-refractivity contribution in [3.05, 3.63) is 41.0 Å². The molecular formula is C15H13N3OS3. The zero-order valence-corrected chi connectivity index (χ0v) is 14.4. The first kappa shape index (κ1) is 15.2. The van der Waals surface area contributed by atoms with Crippen LogP contribution in [0.3, 0.4) is 0 Å². The predicted molar refractivity (Wildman–Crippen MR) is 95.9 cm³/mol. The van der Waals surface area contributed by atoms with Gasteiger partial charge in [-0.2, -0.15) is 0 Å². The van der Waals surface area contributed by atoms with E-state index in [-0.39, 0.29) is 5.91 Å². The molecule has 7 heteroatoms. The summed E-state index contributed by atoms with van der Waals surface area (Å²) in [6.45, 7) is 1.94. The summed E-state index contributed by atoms with van der Waals surface area (Å²) in [6.07, 6.45) is 5.22. The van der Waals surface area contributed by atoms with Gasteiger partial charge in [0.05, 0.1) is 20.1 Å². The summed E-state index contributed by atoms with van der Waals surface area (Å²) in [5, 5.41) is 4.23. The van der Waals surface area contributed by atoms with Crippen LogP contribution in [0, 0.1) is 6.92 Å². The Labute approximate surface area is 140 Å². The minimum Gasteiger partial charge on any atom is -0.298 e. The number of nitrogens with one attached hydrogen (secondary N) is 1. The third kappa shape index (κ3) is 3.37. The van der Waals surface area contributed by atoms with Crippen LogP contribution in [-0.4, -0.2) is 22.1 Å². The monoisotopic (exact) mass is 347 g/mol. The Morgan fingerprint density at radius 3 is 2.82 bits per heavy atom. The third-order valence-electron chi connectivity index (χ3n) is 2.86. The number of carbonyl (C=O) groups is 1. The number of nitrogens with zero attached hydrogens (tertiary/aromatic N) is 2. The van der Waals surface area contributed by atoms with Crippen LogP contribution in [-0.2, 0) is 4.79 Å². The van der Waals surface area contributed by atoms with Crippen LogP contribution < -0.4 is 5.32 Å². The molecule has 0 saturated heterocycles. The van der Waals surface area contributed by atoms with Crippen molar-refractivity contribution in [3.63, 3.8) is 0 Å². The first-order valence-corrected chi connectivity index (χ1v) is 9.37. The maximum atomic E-state index is 11.9. The number of anilines is 1. The van der Waals surface area contributed by atoms with E-state index in [1.165, 1.54) is 17.4 Å². The van der Waals surface area contributed by atoms with Crippen LogP contribution in [0.4, 0.5) is 5.13 Å². The highest BCUT2D eigenvalue weighted by atomic mass is 32.2. The molecule has 112 valence electrons. The topological polar surface area (TPSA) is 54.9 Å². The van der Waals surface area contributed by atoms with Gasteiger partial charge in [-0.25, -0.2) is 9.97 Å². The van der Waals surface area contributed by atoms with Gasteiger partial charge in [-0.15, -0.1) is 23.1 Å². The number of fused-ring (bicyclic) bond motifs is 1. The van der Waals surface area contributed by atoms with Crippen molar-refractivity contribution in [2.75, 3.05) is 11.6 Å². The summed E-state index contributed by atoms with van der Waals surface area (Å²) in [5.74, 6) is -0.194. The number of para-hydroxylation sites is 1. The molecule has 1 N–H and O–H groups in total. The molecule has 2 heterocycles. The van der Waals surface area contributed by atoms with E-state index in [2.05, 4.69) is 15.3 Å². The number of aryl methyl sites for hydroxylation is 1. The molecular weight excluding hydrogens is 334 g/mol. The van der Waals surface area contributed by atoms with Crippen LogP contribution in [0.15, 0.2) is 34.6 Å². The fourth-order valence-electron chi connectivity index (χ4n) is 1.88. The minimum absolute atomic E-state index is 0.194. The van der Waals surface area contributed by atoms with Gasteiger partial charge in [0.15, 0.2) is 5.13 Å². The number of benzene rings is 1. The maximum absolute atomic E-state index is 11.9. The molecule has 3 aromatic rings. The van der Waals surface area contributed by atoms with Crippen molar-refractivity contribution < 1.29 is 4.79 Å². The molecule has 0 bridgehead atoms. The Balaban J connectivity index is 1.70. The fraction of sp³-hybridized carbons (Fsp3) is 0.133. The number of thioether (sulfide) groups is 1. The number of hydrogen-bond acceptors (Lipinski definition) is 6. The second-order valence-corrected chi connectivity index (χ2v) is 7.57. The molecule has 3 rings (SSSR count). The molecule has 22 heavy (non-hydrogen) atoms. The number of carbonyl (C=O) groups excluding carboxylic acids is 1. The summed E-state index contributed by atoms with van der Waals surface area (Å²) in [5.41, 5.74) is 1.90. The van der Waals surface area contributed by atoms with Gasteiger partial charge in [0.2, 0.25) is 5.91 Å². The fourth-order valence-corrected chi connectivity index (χ4v) is 4.37. The van der Waals surface area contributed by atoms with Gasteiger partial charge >= 0.3 is 0 Å². The predicted octanol–water partition coefficient (Wildman–Crippen LogP) is 4.44. The van der Waals surface area contributed by atoms with Crippen molar-refractivity contribution in [2.24, 2.45) is 0 Å². The number of amides is 1. The molecule has 1 amide bonds. The van der Waals surface area contributed by atoms with E-state index in [0.717, 1.165) is 25.1 Å². The largest absolute Gasteiger partial charge is 0.298 e. The highest BCUT2D eigenvalue weighted by molar-refractivity contribution is 8.00. The standard InChI is InChI=1S/C15H13N3OS3/c1-9-14(20-2)22-15(16-9)18-12(19)7-8-13-17-10-5-3-4-6-11(10)21-13/h3-8H,1-2H3,(H,16,18,19)/b8-7+. The third-order valence-corrected chi connectivity index (χ3v) is 6.14. The highest BCUT2D eigenvalue weighted by Crippen LogP contribution is 2.30. The number of rotatable bonds is 4. The quantitative estimate of drug-likeness (QED) is 0.560. The van der Waals surface area contributed by atoms with Gasteiger partial charge in [-0.3, -0.25) is 10.1 Å². The van der Waals surface area contributed by atoms with Crippen LogP contribution in [0.25, 0.3) is 16.3 Å². The summed E-state index contributed by atoms with van der Waals surface area (Å²) >= 11 is 4.68. The molecule has 1 aromatic carbocycles. The van der Waals surface area contributed by atoms with Crippen LogP contribution in [0.1, 0.15) is 10.7 Å². The molecule has 2 aromatic heterocycles. The molecule has 0 saturated carbocycles. The highest BCUT2D eigenvalue weighted by Gasteiger charge is 2.08. The van der Waals surface area contributed by atoms with E-state index in [0.29, 0.717) is 5.13 Å². The Hall–Kier alpha value is -1.70. The normalized spacial score (nSPS) is 11.4. The number of thiazole rings is 2. The maximum Gasteiger partial charge on any atom is 0.250 e. The molecule has 4 nitrogen and oxygen atoms in total. The van der Waals surface area contributed by atoms with Gasteiger partial charge in [0.25, 0.3) is 0 Å². The molecule has 0 aliphatic heterocycles. The van der Waals surface area contributed by atoms with Crippen LogP contribution in [0.5, 0.6) is 0 Å². The molecule has 0 spiro atoms.